The highest BCUT2D eigenvalue weighted by atomic mass is 16.5. The molecule has 2 unspecified atom stereocenters. The van der Waals surface area contributed by atoms with E-state index in [9.17, 15) is 0 Å². The highest BCUT2D eigenvalue weighted by Crippen LogP contribution is 2.34. The first-order valence-corrected chi connectivity index (χ1v) is 7.92. The maximum Gasteiger partial charge on any atom is 0.0779 e. The number of nitrogens with zero attached hydrogens (tertiary/aromatic N) is 1. The molecule has 0 aromatic heterocycles. The molecule has 2 fully saturated rings. The van der Waals surface area contributed by atoms with Crippen molar-refractivity contribution in [1.29, 1.82) is 0 Å². The Morgan fingerprint density at radius 2 is 2.15 bits per heavy atom. The van der Waals surface area contributed by atoms with Crippen LogP contribution in [-0.4, -0.2) is 32.3 Å². The summed E-state index contributed by atoms with van der Waals surface area (Å²) in [6.07, 6.45) is 5.62. The average molecular weight is 274 g/mol. The zero-order valence-corrected chi connectivity index (χ0v) is 12.7. The van der Waals surface area contributed by atoms with E-state index in [2.05, 4.69) is 35.3 Å². The number of aryl methyl sites for hydroxylation is 1. The maximum absolute atomic E-state index is 6.00. The summed E-state index contributed by atoms with van der Waals surface area (Å²) in [4.78, 5) is 2.61. The Hall–Kier alpha value is -1.06. The van der Waals surface area contributed by atoms with Gasteiger partial charge in [0, 0.05) is 18.8 Å². The van der Waals surface area contributed by atoms with Gasteiger partial charge in [0.25, 0.3) is 0 Å². The van der Waals surface area contributed by atoms with Crippen molar-refractivity contribution in [3.8, 4) is 0 Å². The van der Waals surface area contributed by atoms with Gasteiger partial charge in [0.1, 0.15) is 0 Å². The van der Waals surface area contributed by atoms with Crippen molar-refractivity contribution in [3.05, 3.63) is 29.3 Å². The summed E-state index contributed by atoms with van der Waals surface area (Å²) < 4.78 is 6.00. The van der Waals surface area contributed by atoms with Crippen molar-refractivity contribution >= 4 is 5.69 Å². The van der Waals surface area contributed by atoms with Crippen LogP contribution in [0.15, 0.2) is 18.2 Å². The van der Waals surface area contributed by atoms with Crippen molar-refractivity contribution < 1.29 is 4.74 Å². The molecule has 0 spiro atoms. The van der Waals surface area contributed by atoms with Crippen LogP contribution in [0.2, 0.25) is 0 Å². The monoisotopic (exact) mass is 274 g/mol. The minimum absolute atomic E-state index is 0.446. The summed E-state index contributed by atoms with van der Waals surface area (Å²) >= 11 is 0. The molecule has 20 heavy (non-hydrogen) atoms. The summed E-state index contributed by atoms with van der Waals surface area (Å²) in [6.45, 7) is 5.01. The number of ether oxygens (including phenoxy) is 1. The first kappa shape index (κ1) is 13.9. The highest BCUT2D eigenvalue weighted by molar-refractivity contribution is 5.56. The lowest BCUT2D eigenvalue weighted by molar-refractivity contribution is -0.00873. The van der Waals surface area contributed by atoms with Crippen molar-refractivity contribution in [2.24, 2.45) is 0 Å². The predicted molar refractivity (Wildman–Crippen MR) is 83.3 cm³/mol. The lowest BCUT2D eigenvalue weighted by Crippen LogP contribution is -2.53. The van der Waals surface area contributed by atoms with Crippen LogP contribution in [0, 0.1) is 6.92 Å². The van der Waals surface area contributed by atoms with E-state index in [4.69, 9.17) is 4.74 Å². The third-order valence-corrected chi connectivity index (χ3v) is 4.64. The summed E-state index contributed by atoms with van der Waals surface area (Å²) in [5.41, 5.74) is 4.16. The molecule has 1 heterocycles. The molecule has 1 N–H and O–H groups in total. The van der Waals surface area contributed by atoms with Gasteiger partial charge in [-0.05, 0) is 38.4 Å². The molecule has 2 aliphatic rings. The molecule has 3 heteroatoms. The Labute approximate surface area is 122 Å². The molecule has 1 aromatic carbocycles. The van der Waals surface area contributed by atoms with Gasteiger partial charge < -0.3 is 15.0 Å². The van der Waals surface area contributed by atoms with Gasteiger partial charge in [-0.15, -0.1) is 0 Å². The molecule has 1 aliphatic carbocycles. The van der Waals surface area contributed by atoms with Gasteiger partial charge >= 0.3 is 0 Å². The molecule has 3 nitrogen and oxygen atoms in total. The molecule has 1 saturated carbocycles. The Morgan fingerprint density at radius 1 is 1.30 bits per heavy atom. The van der Waals surface area contributed by atoms with E-state index in [-0.39, 0.29) is 0 Å². The summed E-state index contributed by atoms with van der Waals surface area (Å²) in [7, 11) is 2.02. The molecule has 0 amide bonds. The smallest absolute Gasteiger partial charge is 0.0779 e. The minimum Gasteiger partial charge on any atom is -0.374 e. The number of nitrogens with one attached hydrogen (secondary N) is 1. The van der Waals surface area contributed by atoms with Crippen LogP contribution >= 0.6 is 0 Å². The van der Waals surface area contributed by atoms with Gasteiger partial charge in [-0.2, -0.15) is 0 Å². The zero-order chi connectivity index (χ0) is 13.9. The number of fused-ring (bicyclic) bond motifs is 1. The Balaban J connectivity index is 1.90. The average Bonchev–Trinajstić information content (AvgIpc) is 2.47. The molecule has 0 bridgehead atoms. The van der Waals surface area contributed by atoms with Gasteiger partial charge in [-0.3, -0.25) is 0 Å². The van der Waals surface area contributed by atoms with Crippen molar-refractivity contribution in [2.45, 2.75) is 51.3 Å². The second-order valence-corrected chi connectivity index (χ2v) is 6.12. The Bertz CT molecular complexity index is 458. The van der Waals surface area contributed by atoms with Crippen LogP contribution in [0.5, 0.6) is 0 Å². The van der Waals surface area contributed by atoms with Crippen molar-refractivity contribution in [1.82, 2.24) is 5.32 Å². The molecular formula is C17H26N2O. The van der Waals surface area contributed by atoms with E-state index in [1.54, 1.807) is 0 Å². The second kappa shape index (κ2) is 6.15. The normalized spacial score (nSPS) is 26.4. The molecule has 1 saturated heterocycles. The lowest BCUT2D eigenvalue weighted by atomic mass is 9.89. The standard InChI is InChI=1S/C17H26N2O/c1-13-7-8-15(14(11-13)12-18-2)19-9-10-20-17-6-4-3-5-16(17)19/h7-8,11,16-18H,3-6,9-10,12H2,1-2H3. The molecule has 0 radical (unpaired) electrons. The molecule has 2 atom stereocenters. The van der Waals surface area contributed by atoms with Crippen molar-refractivity contribution in [3.63, 3.8) is 0 Å². The van der Waals surface area contributed by atoms with E-state index in [0.29, 0.717) is 12.1 Å². The summed E-state index contributed by atoms with van der Waals surface area (Å²) in [5, 5.41) is 3.30. The number of rotatable bonds is 3. The quantitative estimate of drug-likeness (QED) is 0.917. The first-order chi connectivity index (χ1) is 9.79. The van der Waals surface area contributed by atoms with E-state index in [1.165, 1.54) is 42.5 Å². The van der Waals surface area contributed by atoms with E-state index >= 15 is 0 Å². The molecule has 3 rings (SSSR count). The summed E-state index contributed by atoms with van der Waals surface area (Å²) in [5.74, 6) is 0. The highest BCUT2D eigenvalue weighted by Gasteiger charge is 2.34. The lowest BCUT2D eigenvalue weighted by Gasteiger charge is -2.45. The van der Waals surface area contributed by atoms with Crippen LogP contribution in [0.3, 0.4) is 0 Å². The Morgan fingerprint density at radius 3 is 3.00 bits per heavy atom. The zero-order valence-electron chi connectivity index (χ0n) is 12.7. The largest absolute Gasteiger partial charge is 0.374 e. The van der Waals surface area contributed by atoms with Crippen LogP contribution in [-0.2, 0) is 11.3 Å². The SMILES string of the molecule is CNCc1cc(C)ccc1N1CCOC2CCCCC21. The van der Waals surface area contributed by atoms with Crippen LogP contribution < -0.4 is 10.2 Å². The number of morpholine rings is 1. The molecule has 1 aliphatic heterocycles. The van der Waals surface area contributed by atoms with Gasteiger partial charge in [0.15, 0.2) is 0 Å². The minimum atomic E-state index is 0.446. The fraction of sp³-hybridized carbons (Fsp3) is 0.647. The first-order valence-electron chi connectivity index (χ1n) is 7.92. The number of hydrogen-bond acceptors (Lipinski definition) is 3. The van der Waals surface area contributed by atoms with Crippen molar-refractivity contribution in [2.75, 3.05) is 25.1 Å². The second-order valence-electron chi connectivity index (χ2n) is 6.12. The predicted octanol–water partition coefficient (Wildman–Crippen LogP) is 2.86. The van der Waals surface area contributed by atoms with Crippen LogP contribution in [0.25, 0.3) is 0 Å². The number of hydrogen-bond donors (Lipinski definition) is 1. The molecule has 110 valence electrons. The van der Waals surface area contributed by atoms with E-state index in [0.717, 1.165) is 19.7 Å². The van der Waals surface area contributed by atoms with Crippen LogP contribution in [0.4, 0.5) is 5.69 Å². The number of benzene rings is 1. The van der Waals surface area contributed by atoms with Crippen LogP contribution in [0.1, 0.15) is 36.8 Å². The van der Waals surface area contributed by atoms with E-state index in [1.807, 2.05) is 7.05 Å². The molecule has 1 aromatic rings. The van der Waals surface area contributed by atoms with Gasteiger partial charge in [0.05, 0.1) is 18.8 Å². The Kier molecular flexibility index (Phi) is 4.27. The van der Waals surface area contributed by atoms with Gasteiger partial charge in [0.2, 0.25) is 0 Å². The van der Waals surface area contributed by atoms with E-state index < -0.39 is 0 Å². The summed E-state index contributed by atoms with van der Waals surface area (Å²) in [6, 6.07) is 7.44. The molecular weight excluding hydrogens is 248 g/mol. The fourth-order valence-electron chi connectivity index (χ4n) is 3.72. The third-order valence-electron chi connectivity index (χ3n) is 4.64. The van der Waals surface area contributed by atoms with Gasteiger partial charge in [-0.25, -0.2) is 0 Å². The maximum atomic E-state index is 6.00. The van der Waals surface area contributed by atoms with Gasteiger partial charge in [-0.1, -0.05) is 30.5 Å². The fourth-order valence-corrected chi connectivity index (χ4v) is 3.72. The number of anilines is 1. The third kappa shape index (κ3) is 2.70. The topological polar surface area (TPSA) is 24.5 Å².